The molecule has 0 radical (unpaired) electrons. The van der Waals surface area contributed by atoms with Crippen molar-refractivity contribution in [1.82, 2.24) is 20.3 Å². The third-order valence-electron chi connectivity index (χ3n) is 8.46. The van der Waals surface area contributed by atoms with E-state index in [1.807, 2.05) is 18.6 Å². The zero-order valence-electron chi connectivity index (χ0n) is 32.5. The van der Waals surface area contributed by atoms with Gasteiger partial charge in [-0.2, -0.15) is 0 Å². The number of sulfonamides is 1. The van der Waals surface area contributed by atoms with Gasteiger partial charge in [-0.25, -0.2) is 32.3 Å². The van der Waals surface area contributed by atoms with E-state index in [2.05, 4.69) is 10.6 Å². The molecule has 3 N–H and O–H groups in total. The highest BCUT2D eigenvalue weighted by atomic mass is 32.2. The second kappa shape index (κ2) is 21.9. The van der Waals surface area contributed by atoms with E-state index in [4.69, 9.17) is 32.7 Å². The molecule has 1 fully saturated rings. The molecule has 56 heavy (non-hydrogen) atoms. The summed E-state index contributed by atoms with van der Waals surface area (Å²) in [7, 11) is -8.29. The first-order valence-electron chi connectivity index (χ1n) is 18.2. The van der Waals surface area contributed by atoms with Crippen LogP contribution in [0.3, 0.4) is 0 Å². The molecule has 0 saturated heterocycles. The number of carbonyl (C=O) groups is 5. The summed E-state index contributed by atoms with van der Waals surface area (Å²) in [4.78, 5) is 61.9. The maximum absolute atomic E-state index is 13.2. The van der Waals surface area contributed by atoms with Gasteiger partial charge >= 0.3 is 32.0 Å². The van der Waals surface area contributed by atoms with Crippen LogP contribution in [0, 0.1) is 5.92 Å². The van der Waals surface area contributed by atoms with E-state index in [1.165, 1.54) is 17.0 Å². The number of nitrogens with zero attached hydrogens (tertiary/aromatic N) is 1. The summed E-state index contributed by atoms with van der Waals surface area (Å²) in [6.45, 7) is 9.18. The van der Waals surface area contributed by atoms with Crippen LogP contribution in [0.4, 0.5) is 19.2 Å². The quantitative estimate of drug-likeness (QED) is 0.0911. The zero-order valence-corrected chi connectivity index (χ0v) is 34.2. The van der Waals surface area contributed by atoms with E-state index in [0.717, 1.165) is 11.1 Å². The molecule has 3 rings (SSSR count). The molecule has 1 aliphatic heterocycles. The van der Waals surface area contributed by atoms with Crippen molar-refractivity contribution in [3.8, 4) is 0 Å². The van der Waals surface area contributed by atoms with Crippen molar-refractivity contribution in [3.05, 3.63) is 41.0 Å². The van der Waals surface area contributed by atoms with Crippen LogP contribution < -0.4 is 15.4 Å². The fourth-order valence-corrected chi connectivity index (χ4v) is 7.58. The van der Waals surface area contributed by atoms with E-state index in [-0.39, 0.29) is 42.5 Å². The van der Waals surface area contributed by atoms with Gasteiger partial charge in [-0.05, 0) is 102 Å². The van der Waals surface area contributed by atoms with E-state index >= 15 is 0 Å². The fourth-order valence-electron chi connectivity index (χ4n) is 5.69. The highest BCUT2D eigenvalue weighted by Crippen LogP contribution is 2.48. The van der Waals surface area contributed by atoms with Crippen LogP contribution in [0.1, 0.15) is 79.2 Å². The van der Waals surface area contributed by atoms with Gasteiger partial charge in [-0.1, -0.05) is 19.1 Å². The van der Waals surface area contributed by atoms with Crippen LogP contribution >= 0.6 is 7.60 Å². The van der Waals surface area contributed by atoms with Crippen molar-refractivity contribution in [2.45, 2.75) is 103 Å². The number of nitrogens with one attached hydrogen (secondary N) is 3. The second-order valence-electron chi connectivity index (χ2n) is 13.7. The number of benzene rings is 1. The molecule has 1 saturated carbocycles. The van der Waals surface area contributed by atoms with Crippen molar-refractivity contribution < 1.29 is 69.7 Å². The van der Waals surface area contributed by atoms with Crippen molar-refractivity contribution in [1.29, 1.82) is 0 Å². The molecule has 1 heterocycles. The Bertz CT molecular complexity index is 1680. The van der Waals surface area contributed by atoms with E-state index in [1.54, 1.807) is 39.8 Å². The van der Waals surface area contributed by atoms with E-state index in [0.29, 0.717) is 44.1 Å². The Morgan fingerprint density at radius 1 is 0.911 bits per heavy atom. The van der Waals surface area contributed by atoms with Crippen molar-refractivity contribution in [3.63, 3.8) is 0 Å². The summed E-state index contributed by atoms with van der Waals surface area (Å²) in [5.74, 6) is -0.299. The Balaban J connectivity index is 1.39. The van der Waals surface area contributed by atoms with Crippen LogP contribution in [0.5, 0.6) is 0 Å². The molecule has 0 atom stereocenters. The number of hydrogen-bond acceptors (Lipinski definition) is 15. The lowest BCUT2D eigenvalue weighted by Gasteiger charge is -2.29. The van der Waals surface area contributed by atoms with E-state index in [9.17, 15) is 37.0 Å². The maximum Gasteiger partial charge on any atom is 0.510 e. The normalized spacial score (nSPS) is 17.5. The fraction of sp³-hybridized carbons (Fsp3) is 0.629. The predicted octanol–water partition coefficient (Wildman–Crippen LogP) is 5.29. The Hall–Kier alpha value is -4.23. The van der Waals surface area contributed by atoms with Crippen LogP contribution in [-0.4, -0.2) is 101 Å². The van der Waals surface area contributed by atoms with Gasteiger partial charge in [0, 0.05) is 18.2 Å². The molecule has 1 aromatic carbocycles. The minimum absolute atomic E-state index is 0.00695. The minimum Gasteiger partial charge on any atom is -0.432 e. The predicted molar refractivity (Wildman–Crippen MR) is 199 cm³/mol. The Kier molecular flexibility index (Phi) is 18.1. The lowest BCUT2D eigenvalue weighted by Crippen LogP contribution is -2.45. The Labute approximate surface area is 327 Å². The molecular formula is C35H53N4O15PS. The third-order valence-corrected chi connectivity index (χ3v) is 11.3. The molecule has 1 aromatic rings. The number of amides is 5. The molecule has 1 aliphatic carbocycles. The van der Waals surface area contributed by atoms with E-state index < -0.39 is 74.1 Å². The third kappa shape index (κ3) is 15.4. The van der Waals surface area contributed by atoms with Crippen LogP contribution in [0.15, 0.2) is 40.3 Å². The second-order valence-corrected chi connectivity index (χ2v) is 17.3. The van der Waals surface area contributed by atoms with Gasteiger partial charge in [-0.15, -0.1) is 0 Å². The number of imide groups is 1. The van der Waals surface area contributed by atoms with Crippen molar-refractivity contribution >= 4 is 47.9 Å². The first kappa shape index (κ1) is 46.2. The average Bonchev–Trinajstić information content (AvgIpc) is 3.40. The molecule has 0 aromatic heterocycles. The highest BCUT2D eigenvalue weighted by molar-refractivity contribution is 7.90. The molecule has 314 valence electrons. The number of ether oxygens (including phenoxy) is 5. The number of carbonyl (C=O) groups excluding carboxylic acids is 5. The highest BCUT2D eigenvalue weighted by Gasteiger charge is 2.32. The largest absolute Gasteiger partial charge is 0.510 e. The first-order chi connectivity index (χ1) is 26.4. The summed E-state index contributed by atoms with van der Waals surface area (Å²) >= 11 is 0. The van der Waals surface area contributed by atoms with Gasteiger partial charge in [0.1, 0.15) is 6.35 Å². The monoisotopic (exact) mass is 832 g/mol. The summed E-state index contributed by atoms with van der Waals surface area (Å²) in [6.07, 6.45) is -0.446. The molecule has 5 amide bonds. The number of hydrogen-bond donors (Lipinski definition) is 3. The minimum atomic E-state index is -4.18. The number of rotatable bonds is 19. The van der Waals surface area contributed by atoms with Gasteiger partial charge in [0.15, 0.2) is 0 Å². The summed E-state index contributed by atoms with van der Waals surface area (Å²) in [5, 5.41) is 5.41. The topological polar surface area (TPSA) is 240 Å². The summed E-state index contributed by atoms with van der Waals surface area (Å²) in [5.41, 5.74) is 2.25. The molecule has 21 heteroatoms. The van der Waals surface area contributed by atoms with Gasteiger partial charge in [-0.3, -0.25) is 23.3 Å². The molecular weight excluding hydrogens is 779 g/mol. The van der Waals surface area contributed by atoms with Crippen LogP contribution in [0.25, 0.3) is 0 Å². The Morgan fingerprint density at radius 3 is 2.00 bits per heavy atom. The lowest BCUT2D eigenvalue weighted by atomic mass is 9.86. The lowest BCUT2D eigenvalue weighted by molar-refractivity contribution is -0.123. The smallest absolute Gasteiger partial charge is 0.432 e. The Morgan fingerprint density at radius 2 is 1.48 bits per heavy atom. The van der Waals surface area contributed by atoms with Gasteiger partial charge in [0.2, 0.25) is 13.6 Å². The summed E-state index contributed by atoms with van der Waals surface area (Å²) < 4.78 is 76.1. The SMILES string of the molecule is CCC1=C(C)CN(C(=O)NCCc2ccc(S(=O)(=O)NC(=O)NC3CCC(COCP(=O)(OCOC(=O)OC(C)C)OCOC(=O)OC(C)C)CC3)cc2)C1=O. The summed E-state index contributed by atoms with van der Waals surface area (Å²) in [6, 6.07) is 4.20. The van der Waals surface area contributed by atoms with Gasteiger partial charge in [0.05, 0.1) is 30.3 Å². The molecule has 2 aliphatic rings. The van der Waals surface area contributed by atoms with Crippen LogP contribution in [0.2, 0.25) is 0 Å². The first-order valence-corrected chi connectivity index (χ1v) is 21.5. The standard InChI is InChI=1S/C35H53N4O15PS/c1-7-30-25(6)18-39(31(30)40)33(42)36-17-16-26-10-14-29(15-11-26)56(46,47)38-32(41)37-28-12-8-27(9-13-28)19-48-22-55(45,51-20-49-34(43)53-23(2)3)52-21-50-35(44)54-24(4)5/h10-11,14-15,23-24,27-28H,7-9,12-13,16-22H2,1-6H3,(H,36,42)(H2,37,38,41). The van der Waals surface area contributed by atoms with Crippen molar-refractivity contribution in [2.75, 3.05) is 39.6 Å². The van der Waals surface area contributed by atoms with Crippen LogP contribution in [-0.2, 0) is 58.5 Å². The average molecular weight is 833 g/mol. The zero-order chi connectivity index (χ0) is 41.5. The molecule has 0 bridgehead atoms. The molecule has 0 unspecified atom stereocenters. The number of urea groups is 2. The maximum atomic E-state index is 13.2. The van der Waals surface area contributed by atoms with Crippen molar-refractivity contribution in [2.24, 2.45) is 5.92 Å². The van der Waals surface area contributed by atoms with Gasteiger partial charge < -0.3 is 34.3 Å². The van der Waals surface area contributed by atoms with Gasteiger partial charge in [0.25, 0.3) is 15.9 Å². The molecule has 0 spiro atoms. The molecule has 19 nitrogen and oxygen atoms in total.